The fourth-order valence-corrected chi connectivity index (χ4v) is 2.70. The molecular weight excluding hydrogens is 415 g/mol. The number of carbonyl (C=O) groups excluding carboxylic acids is 1. The molecule has 27 heavy (non-hydrogen) atoms. The van der Waals surface area contributed by atoms with Crippen molar-refractivity contribution in [3.05, 3.63) is 34.6 Å². The first kappa shape index (κ1) is 23.9. The molecular formula is C16H20Cl2F4N2O3. The van der Waals surface area contributed by atoms with Crippen LogP contribution in [0.4, 0.5) is 17.6 Å². The Balaban J connectivity index is 0.00000364. The van der Waals surface area contributed by atoms with Crippen LogP contribution in [0.25, 0.3) is 0 Å². The fourth-order valence-electron chi connectivity index (χ4n) is 2.58. The highest BCUT2D eigenvalue weighted by Crippen LogP contribution is 2.29. The molecule has 1 amide bonds. The molecule has 1 saturated heterocycles. The lowest BCUT2D eigenvalue weighted by molar-refractivity contribution is -0.175. The zero-order valence-corrected chi connectivity index (χ0v) is 15.7. The zero-order chi connectivity index (χ0) is 19.2. The number of benzene rings is 1. The van der Waals surface area contributed by atoms with Crippen molar-refractivity contribution >= 4 is 29.9 Å². The van der Waals surface area contributed by atoms with Gasteiger partial charge in [0.1, 0.15) is 19.0 Å². The van der Waals surface area contributed by atoms with Crippen molar-refractivity contribution in [2.24, 2.45) is 5.92 Å². The lowest BCUT2D eigenvalue weighted by atomic mass is 9.95. The third-order valence-corrected chi connectivity index (χ3v) is 4.05. The number of alkyl halides is 3. The van der Waals surface area contributed by atoms with E-state index in [1.165, 1.54) is 12.1 Å². The van der Waals surface area contributed by atoms with E-state index in [0.29, 0.717) is 25.3 Å². The Morgan fingerprint density at radius 1 is 1.41 bits per heavy atom. The molecule has 1 fully saturated rings. The summed E-state index contributed by atoms with van der Waals surface area (Å²) in [5, 5.41) is 5.65. The Morgan fingerprint density at radius 2 is 2.15 bits per heavy atom. The van der Waals surface area contributed by atoms with Crippen LogP contribution >= 0.6 is 24.0 Å². The smallest absolute Gasteiger partial charge is 0.372 e. The SMILES string of the molecule is Cl.O=C(COCC(F)(F)F)NC[C@@H]1CNCCO[C@H]1c1ccc(Cl)c(F)c1. The first-order chi connectivity index (χ1) is 12.3. The Hall–Kier alpha value is -1.13. The minimum absolute atomic E-state index is 0. The molecule has 1 aromatic carbocycles. The van der Waals surface area contributed by atoms with Crippen molar-refractivity contribution < 1.29 is 31.8 Å². The quantitative estimate of drug-likeness (QED) is 0.675. The van der Waals surface area contributed by atoms with E-state index in [-0.39, 0.29) is 29.9 Å². The molecule has 0 aromatic heterocycles. The second-order valence-electron chi connectivity index (χ2n) is 5.84. The summed E-state index contributed by atoms with van der Waals surface area (Å²) in [7, 11) is 0. The van der Waals surface area contributed by atoms with Crippen LogP contribution in [0.3, 0.4) is 0 Å². The number of ether oxygens (including phenoxy) is 2. The number of nitrogens with one attached hydrogen (secondary N) is 2. The van der Waals surface area contributed by atoms with E-state index < -0.39 is 37.2 Å². The highest BCUT2D eigenvalue weighted by Gasteiger charge is 2.29. The first-order valence-electron chi connectivity index (χ1n) is 7.95. The van der Waals surface area contributed by atoms with Gasteiger partial charge in [-0.2, -0.15) is 13.2 Å². The van der Waals surface area contributed by atoms with E-state index >= 15 is 0 Å². The molecule has 0 radical (unpaired) electrons. The fraction of sp³-hybridized carbons (Fsp3) is 0.562. The molecule has 154 valence electrons. The van der Waals surface area contributed by atoms with Gasteiger partial charge in [-0.25, -0.2) is 4.39 Å². The lowest BCUT2D eigenvalue weighted by Crippen LogP contribution is -2.38. The number of hydrogen-bond acceptors (Lipinski definition) is 4. The van der Waals surface area contributed by atoms with E-state index in [1.807, 2.05) is 0 Å². The molecule has 0 bridgehead atoms. The number of hydrogen-bond donors (Lipinski definition) is 2. The molecule has 2 atom stereocenters. The predicted octanol–water partition coefficient (Wildman–Crippen LogP) is 2.87. The summed E-state index contributed by atoms with van der Waals surface area (Å²) in [6.45, 7) is -0.573. The molecule has 0 spiro atoms. The standard InChI is InChI=1S/C16H19ClF4N2O3.ClH/c17-12-2-1-10(5-13(12)18)15-11(6-22-3-4-26-15)7-23-14(24)8-25-9-16(19,20)21;/h1-2,5,11,15,22H,3-4,6-9H2,(H,23,24);1H/t11-,15-;/m0./s1. The monoisotopic (exact) mass is 434 g/mol. The van der Waals surface area contributed by atoms with Crippen molar-refractivity contribution in [3.63, 3.8) is 0 Å². The maximum atomic E-state index is 13.7. The second kappa shape index (κ2) is 11.0. The summed E-state index contributed by atoms with van der Waals surface area (Å²) in [6, 6.07) is 4.34. The number of rotatable bonds is 6. The van der Waals surface area contributed by atoms with Gasteiger partial charge in [0.05, 0.1) is 17.7 Å². The van der Waals surface area contributed by atoms with Gasteiger partial charge in [0.25, 0.3) is 0 Å². The second-order valence-corrected chi connectivity index (χ2v) is 6.25. The molecule has 1 aliphatic rings. The van der Waals surface area contributed by atoms with Crippen LogP contribution in [0.5, 0.6) is 0 Å². The van der Waals surface area contributed by atoms with Gasteiger partial charge in [-0.3, -0.25) is 4.79 Å². The molecule has 11 heteroatoms. The predicted molar refractivity (Wildman–Crippen MR) is 93.6 cm³/mol. The summed E-state index contributed by atoms with van der Waals surface area (Å²) in [4.78, 5) is 11.7. The van der Waals surface area contributed by atoms with Crippen LogP contribution in [0.2, 0.25) is 5.02 Å². The van der Waals surface area contributed by atoms with Gasteiger partial charge >= 0.3 is 6.18 Å². The molecule has 2 rings (SSSR count). The van der Waals surface area contributed by atoms with E-state index in [9.17, 15) is 22.4 Å². The van der Waals surface area contributed by atoms with Crippen LogP contribution in [-0.4, -0.2) is 51.5 Å². The van der Waals surface area contributed by atoms with Crippen LogP contribution in [0, 0.1) is 11.7 Å². The van der Waals surface area contributed by atoms with Gasteiger partial charge in [-0.15, -0.1) is 12.4 Å². The topological polar surface area (TPSA) is 59.6 Å². The van der Waals surface area contributed by atoms with Gasteiger partial charge in [0.2, 0.25) is 5.91 Å². The molecule has 1 aliphatic heterocycles. The van der Waals surface area contributed by atoms with Gasteiger partial charge < -0.3 is 20.1 Å². The summed E-state index contributed by atoms with van der Waals surface area (Å²) in [5.41, 5.74) is 0.572. The summed E-state index contributed by atoms with van der Waals surface area (Å²) >= 11 is 5.69. The van der Waals surface area contributed by atoms with Crippen LogP contribution < -0.4 is 10.6 Å². The van der Waals surface area contributed by atoms with Gasteiger partial charge in [-0.05, 0) is 17.7 Å². The van der Waals surface area contributed by atoms with Crippen molar-refractivity contribution in [3.8, 4) is 0 Å². The number of carbonyl (C=O) groups is 1. The molecule has 1 aromatic rings. The molecule has 0 saturated carbocycles. The van der Waals surface area contributed by atoms with Gasteiger partial charge in [0, 0.05) is 25.6 Å². The highest BCUT2D eigenvalue weighted by atomic mass is 35.5. The number of amides is 1. The van der Waals surface area contributed by atoms with E-state index in [4.69, 9.17) is 16.3 Å². The maximum Gasteiger partial charge on any atom is 0.411 e. The van der Waals surface area contributed by atoms with E-state index in [2.05, 4.69) is 15.4 Å². The first-order valence-corrected chi connectivity index (χ1v) is 8.32. The Morgan fingerprint density at radius 3 is 2.81 bits per heavy atom. The number of halogens is 6. The van der Waals surface area contributed by atoms with Crippen molar-refractivity contribution in [1.29, 1.82) is 0 Å². The van der Waals surface area contributed by atoms with Crippen LogP contribution in [0.1, 0.15) is 11.7 Å². The average molecular weight is 435 g/mol. The molecule has 0 aliphatic carbocycles. The van der Waals surface area contributed by atoms with Crippen molar-refractivity contribution in [1.82, 2.24) is 10.6 Å². The molecule has 1 heterocycles. The van der Waals surface area contributed by atoms with Crippen molar-refractivity contribution in [2.45, 2.75) is 12.3 Å². The van der Waals surface area contributed by atoms with Gasteiger partial charge in [0.15, 0.2) is 0 Å². The lowest BCUT2D eigenvalue weighted by Gasteiger charge is -2.25. The summed E-state index contributed by atoms with van der Waals surface area (Å²) in [6.07, 6.45) is -4.98. The summed E-state index contributed by atoms with van der Waals surface area (Å²) in [5.74, 6) is -1.49. The molecule has 0 unspecified atom stereocenters. The normalized spacial score (nSPS) is 20.5. The maximum absolute atomic E-state index is 13.7. The Kier molecular flexibility index (Phi) is 9.75. The third-order valence-electron chi connectivity index (χ3n) is 3.74. The van der Waals surface area contributed by atoms with Crippen LogP contribution in [0.15, 0.2) is 18.2 Å². The molecule has 2 N–H and O–H groups in total. The highest BCUT2D eigenvalue weighted by molar-refractivity contribution is 6.30. The molecule has 5 nitrogen and oxygen atoms in total. The minimum atomic E-state index is -4.48. The van der Waals surface area contributed by atoms with E-state index in [1.54, 1.807) is 6.07 Å². The van der Waals surface area contributed by atoms with Crippen LogP contribution in [-0.2, 0) is 14.3 Å². The average Bonchev–Trinajstić information content (AvgIpc) is 2.80. The zero-order valence-electron chi connectivity index (χ0n) is 14.2. The largest absolute Gasteiger partial charge is 0.411 e. The minimum Gasteiger partial charge on any atom is -0.372 e. The van der Waals surface area contributed by atoms with Gasteiger partial charge in [-0.1, -0.05) is 17.7 Å². The third kappa shape index (κ3) is 8.18. The Labute approximate surface area is 165 Å². The summed E-state index contributed by atoms with van der Waals surface area (Å²) < 4.78 is 59.8. The van der Waals surface area contributed by atoms with E-state index in [0.717, 1.165) is 0 Å². The van der Waals surface area contributed by atoms with Crippen molar-refractivity contribution in [2.75, 3.05) is 39.5 Å². The Bertz CT molecular complexity index is 620.